The number of hydrogen-bond acceptors (Lipinski definition) is 4. The molecule has 0 radical (unpaired) electrons. The van der Waals surface area contributed by atoms with Gasteiger partial charge in [0.25, 0.3) is 0 Å². The predicted molar refractivity (Wildman–Crippen MR) is 93.9 cm³/mol. The van der Waals surface area contributed by atoms with Crippen molar-refractivity contribution in [2.75, 3.05) is 24.9 Å². The molecule has 0 spiro atoms. The number of hydrogen-bond donors (Lipinski definition) is 2. The SMILES string of the molecule is COc1ccc(NC(=O)Nc2ccnc3ccccc23)cc1OC. The van der Waals surface area contributed by atoms with Crippen molar-refractivity contribution in [1.29, 1.82) is 0 Å². The van der Waals surface area contributed by atoms with E-state index in [1.807, 2.05) is 24.3 Å². The predicted octanol–water partition coefficient (Wildman–Crippen LogP) is 3.90. The monoisotopic (exact) mass is 323 g/mol. The van der Waals surface area contributed by atoms with E-state index in [-0.39, 0.29) is 6.03 Å². The molecule has 1 heterocycles. The van der Waals surface area contributed by atoms with Gasteiger partial charge in [-0.15, -0.1) is 0 Å². The number of carbonyl (C=O) groups is 1. The summed E-state index contributed by atoms with van der Waals surface area (Å²) in [5.74, 6) is 1.15. The normalized spacial score (nSPS) is 10.2. The highest BCUT2D eigenvalue weighted by Gasteiger charge is 2.09. The van der Waals surface area contributed by atoms with E-state index in [4.69, 9.17) is 9.47 Å². The van der Waals surface area contributed by atoms with Crippen LogP contribution >= 0.6 is 0 Å². The van der Waals surface area contributed by atoms with Crippen LogP contribution in [-0.4, -0.2) is 25.2 Å². The van der Waals surface area contributed by atoms with Gasteiger partial charge in [-0.25, -0.2) is 4.79 Å². The molecule has 0 aliphatic carbocycles. The summed E-state index contributed by atoms with van der Waals surface area (Å²) in [6.07, 6.45) is 1.66. The molecule has 6 heteroatoms. The second-order valence-electron chi connectivity index (χ2n) is 5.02. The van der Waals surface area contributed by atoms with Crippen molar-refractivity contribution in [3.8, 4) is 11.5 Å². The summed E-state index contributed by atoms with van der Waals surface area (Å²) in [5, 5.41) is 6.49. The number of urea groups is 1. The molecular weight excluding hydrogens is 306 g/mol. The first-order valence-electron chi connectivity index (χ1n) is 7.35. The minimum absolute atomic E-state index is 0.349. The molecule has 0 unspecified atom stereocenters. The van der Waals surface area contributed by atoms with E-state index in [0.29, 0.717) is 22.9 Å². The number of fused-ring (bicyclic) bond motifs is 1. The number of benzene rings is 2. The summed E-state index contributed by atoms with van der Waals surface area (Å²) in [5.41, 5.74) is 2.11. The van der Waals surface area contributed by atoms with Gasteiger partial charge < -0.3 is 20.1 Å². The molecule has 0 atom stereocenters. The van der Waals surface area contributed by atoms with Crippen LogP contribution in [0.5, 0.6) is 11.5 Å². The van der Waals surface area contributed by atoms with Crippen LogP contribution in [0.1, 0.15) is 0 Å². The lowest BCUT2D eigenvalue weighted by molar-refractivity contribution is 0.262. The van der Waals surface area contributed by atoms with Crippen LogP contribution in [0.4, 0.5) is 16.2 Å². The third kappa shape index (κ3) is 3.22. The number of ether oxygens (including phenoxy) is 2. The van der Waals surface area contributed by atoms with E-state index in [9.17, 15) is 4.79 Å². The first-order valence-corrected chi connectivity index (χ1v) is 7.35. The van der Waals surface area contributed by atoms with Crippen LogP contribution in [0.25, 0.3) is 10.9 Å². The van der Waals surface area contributed by atoms with Crippen molar-refractivity contribution in [2.24, 2.45) is 0 Å². The molecule has 2 N–H and O–H groups in total. The van der Waals surface area contributed by atoms with Crippen molar-refractivity contribution in [1.82, 2.24) is 4.98 Å². The molecule has 2 aromatic carbocycles. The van der Waals surface area contributed by atoms with Crippen molar-refractivity contribution in [3.05, 3.63) is 54.7 Å². The van der Waals surface area contributed by atoms with Crippen molar-refractivity contribution >= 4 is 28.3 Å². The molecule has 0 saturated carbocycles. The Kier molecular flexibility index (Phi) is 4.47. The van der Waals surface area contributed by atoms with Gasteiger partial charge in [-0.3, -0.25) is 4.98 Å². The number of aromatic nitrogens is 1. The van der Waals surface area contributed by atoms with Gasteiger partial charge in [-0.1, -0.05) is 18.2 Å². The molecule has 2 amide bonds. The lowest BCUT2D eigenvalue weighted by atomic mass is 10.2. The van der Waals surface area contributed by atoms with E-state index in [0.717, 1.165) is 10.9 Å². The quantitative estimate of drug-likeness (QED) is 0.764. The van der Waals surface area contributed by atoms with Crippen LogP contribution < -0.4 is 20.1 Å². The average Bonchev–Trinajstić information content (AvgIpc) is 2.62. The zero-order valence-electron chi connectivity index (χ0n) is 13.4. The molecule has 0 saturated heterocycles. The molecule has 0 bridgehead atoms. The molecule has 0 fully saturated rings. The molecule has 0 aliphatic rings. The molecule has 3 rings (SSSR count). The standard InChI is InChI=1S/C18H17N3O3/c1-23-16-8-7-12(11-17(16)24-2)20-18(22)21-15-9-10-19-14-6-4-3-5-13(14)15/h3-11H,1-2H3,(H2,19,20,21,22). The lowest BCUT2D eigenvalue weighted by Gasteiger charge is -2.12. The fourth-order valence-corrected chi connectivity index (χ4v) is 2.40. The Bertz CT molecular complexity index is 875. The summed E-state index contributed by atoms with van der Waals surface area (Å²) in [4.78, 5) is 16.5. The number of nitrogens with zero attached hydrogens (tertiary/aromatic N) is 1. The number of rotatable bonds is 4. The fraction of sp³-hybridized carbons (Fsp3) is 0.111. The number of amides is 2. The lowest BCUT2D eigenvalue weighted by Crippen LogP contribution is -2.19. The molecule has 0 aliphatic heterocycles. The summed E-state index contributed by atoms with van der Waals surface area (Å²) in [6.45, 7) is 0. The van der Waals surface area contributed by atoms with Gasteiger partial charge in [0, 0.05) is 23.3 Å². The smallest absolute Gasteiger partial charge is 0.323 e. The zero-order valence-corrected chi connectivity index (χ0v) is 13.4. The number of anilines is 2. The van der Waals surface area contributed by atoms with Crippen LogP contribution in [0, 0.1) is 0 Å². The van der Waals surface area contributed by atoms with Crippen LogP contribution in [0.15, 0.2) is 54.7 Å². The van der Waals surface area contributed by atoms with Crippen LogP contribution in [0.3, 0.4) is 0 Å². The minimum atomic E-state index is -0.349. The number of methoxy groups -OCH3 is 2. The summed E-state index contributed by atoms with van der Waals surface area (Å²) < 4.78 is 10.4. The molecular formula is C18H17N3O3. The third-order valence-electron chi connectivity index (χ3n) is 3.54. The van der Waals surface area contributed by atoms with Gasteiger partial charge in [0.05, 0.1) is 25.4 Å². The van der Waals surface area contributed by atoms with Gasteiger partial charge >= 0.3 is 6.03 Å². The van der Waals surface area contributed by atoms with Gasteiger partial charge in [-0.2, -0.15) is 0 Å². The molecule has 24 heavy (non-hydrogen) atoms. The summed E-state index contributed by atoms with van der Waals surface area (Å²) in [6, 6.07) is 14.2. The van der Waals surface area contributed by atoms with Crippen molar-refractivity contribution < 1.29 is 14.3 Å². The Hall–Kier alpha value is -3.28. The zero-order chi connectivity index (χ0) is 16.9. The summed E-state index contributed by atoms with van der Waals surface area (Å²) in [7, 11) is 3.11. The van der Waals surface area contributed by atoms with Gasteiger partial charge in [0.1, 0.15) is 0 Å². The van der Waals surface area contributed by atoms with E-state index in [1.54, 1.807) is 44.7 Å². The third-order valence-corrected chi connectivity index (χ3v) is 3.54. The Morgan fingerprint density at radius 2 is 1.75 bits per heavy atom. The number of carbonyl (C=O) groups excluding carboxylic acids is 1. The summed E-state index contributed by atoms with van der Waals surface area (Å²) >= 11 is 0. The average molecular weight is 323 g/mol. The van der Waals surface area contributed by atoms with Crippen LogP contribution in [0.2, 0.25) is 0 Å². The van der Waals surface area contributed by atoms with Crippen molar-refractivity contribution in [3.63, 3.8) is 0 Å². The molecule has 1 aromatic heterocycles. The molecule has 3 aromatic rings. The maximum atomic E-state index is 12.3. The highest BCUT2D eigenvalue weighted by Crippen LogP contribution is 2.30. The van der Waals surface area contributed by atoms with Crippen LogP contribution in [-0.2, 0) is 0 Å². The van der Waals surface area contributed by atoms with Gasteiger partial charge in [-0.05, 0) is 24.3 Å². The Labute approximate surface area is 139 Å². The fourth-order valence-electron chi connectivity index (χ4n) is 2.40. The van der Waals surface area contributed by atoms with E-state index in [1.165, 1.54) is 0 Å². The highest BCUT2D eigenvalue weighted by molar-refractivity contribution is 6.05. The van der Waals surface area contributed by atoms with Gasteiger partial charge in [0.2, 0.25) is 0 Å². The molecule has 122 valence electrons. The largest absolute Gasteiger partial charge is 0.493 e. The Balaban J connectivity index is 1.78. The second-order valence-corrected chi connectivity index (χ2v) is 5.02. The first-order chi connectivity index (χ1) is 11.7. The maximum Gasteiger partial charge on any atom is 0.323 e. The number of pyridine rings is 1. The maximum absolute atomic E-state index is 12.3. The van der Waals surface area contributed by atoms with Gasteiger partial charge in [0.15, 0.2) is 11.5 Å². The van der Waals surface area contributed by atoms with Crippen molar-refractivity contribution in [2.45, 2.75) is 0 Å². The Morgan fingerprint density at radius 3 is 2.54 bits per heavy atom. The first kappa shape index (κ1) is 15.6. The van der Waals surface area contributed by atoms with E-state index in [2.05, 4.69) is 15.6 Å². The minimum Gasteiger partial charge on any atom is -0.493 e. The number of para-hydroxylation sites is 1. The second kappa shape index (κ2) is 6.87. The number of nitrogens with one attached hydrogen (secondary N) is 2. The van der Waals surface area contributed by atoms with E-state index < -0.39 is 0 Å². The Morgan fingerprint density at radius 1 is 0.958 bits per heavy atom. The topological polar surface area (TPSA) is 72.5 Å². The van der Waals surface area contributed by atoms with E-state index >= 15 is 0 Å². The molecule has 6 nitrogen and oxygen atoms in total. The highest BCUT2D eigenvalue weighted by atomic mass is 16.5.